The number of hydrogen-bond donors (Lipinski definition) is 3. The molecule has 6 nitrogen and oxygen atoms in total. The average Bonchev–Trinajstić information content (AvgIpc) is 3.41. The van der Waals surface area contributed by atoms with Crippen molar-refractivity contribution in [2.45, 2.75) is 405 Å². The van der Waals surface area contributed by atoms with Crippen molar-refractivity contribution >= 4 is 11.9 Å². The topological polar surface area (TPSA) is 95.9 Å². The summed E-state index contributed by atoms with van der Waals surface area (Å²) in [5.41, 5.74) is 0. The maximum Gasteiger partial charge on any atom is 0.305 e. The summed E-state index contributed by atoms with van der Waals surface area (Å²) < 4.78 is 5.49. The summed E-state index contributed by atoms with van der Waals surface area (Å²) in [6, 6.07) is -0.538. The van der Waals surface area contributed by atoms with Crippen molar-refractivity contribution in [3.8, 4) is 0 Å². The third-order valence-electron chi connectivity index (χ3n) is 16.3. The van der Waals surface area contributed by atoms with Crippen molar-refractivity contribution in [2.24, 2.45) is 0 Å². The number of nitrogens with one attached hydrogen (secondary N) is 1. The van der Waals surface area contributed by atoms with Crippen molar-refractivity contribution in [2.75, 3.05) is 13.2 Å². The number of amides is 1. The van der Waals surface area contributed by atoms with Gasteiger partial charge >= 0.3 is 5.97 Å². The molecule has 0 saturated heterocycles. The fourth-order valence-electron chi connectivity index (χ4n) is 11.1. The van der Waals surface area contributed by atoms with Gasteiger partial charge in [-0.3, -0.25) is 9.59 Å². The minimum absolute atomic E-state index is 0.0117. The van der Waals surface area contributed by atoms with Gasteiger partial charge in [0.1, 0.15) is 0 Å². The van der Waals surface area contributed by atoms with Gasteiger partial charge in [-0.15, -0.1) is 0 Å². The molecule has 446 valence electrons. The maximum atomic E-state index is 12.5. The molecule has 2 atom stereocenters. The predicted octanol–water partition coefficient (Wildman–Crippen LogP) is 22.0. The summed E-state index contributed by atoms with van der Waals surface area (Å²) >= 11 is 0. The van der Waals surface area contributed by atoms with Crippen LogP contribution in [0, 0.1) is 0 Å². The Balaban J connectivity index is 3.32. The molecule has 6 heteroatoms. The van der Waals surface area contributed by atoms with Crippen molar-refractivity contribution in [3.05, 3.63) is 12.2 Å². The molecule has 0 aromatic heterocycles. The first-order valence-electron chi connectivity index (χ1n) is 34.4. The maximum absolute atomic E-state index is 12.5. The Labute approximate surface area is 469 Å². The summed E-state index contributed by atoms with van der Waals surface area (Å²) in [5, 5.41) is 23.3. The van der Waals surface area contributed by atoms with E-state index in [4.69, 9.17) is 4.74 Å². The Morgan fingerprint density at radius 3 is 0.947 bits per heavy atom. The van der Waals surface area contributed by atoms with Gasteiger partial charge < -0.3 is 20.3 Å². The van der Waals surface area contributed by atoms with E-state index in [-0.39, 0.29) is 18.5 Å². The van der Waals surface area contributed by atoms with Crippen LogP contribution in [0.3, 0.4) is 0 Å². The summed E-state index contributed by atoms with van der Waals surface area (Å²) in [6.45, 7) is 4.98. The second kappa shape index (κ2) is 65.1. The smallest absolute Gasteiger partial charge is 0.305 e. The standard InChI is InChI=1S/C69H135NO5/c1-3-5-7-9-11-13-15-17-34-37-41-45-49-53-57-61-67(72)66(65-71)70-68(73)62-58-54-50-46-42-38-35-32-30-28-26-24-22-20-19-21-23-25-27-29-31-33-36-40-44-48-52-56-60-64-75-69(74)63-59-55-51-47-43-39-18-16-14-12-10-8-6-4-2/h16,18,66-67,71-72H,3-15,17,19-65H2,1-2H3,(H,70,73)/b18-16-. The molecule has 0 radical (unpaired) electrons. The number of hydrogen-bond acceptors (Lipinski definition) is 5. The number of rotatable bonds is 65. The average molecular weight is 1060 g/mol. The zero-order valence-electron chi connectivity index (χ0n) is 51.1. The monoisotopic (exact) mass is 1060 g/mol. The van der Waals surface area contributed by atoms with Gasteiger partial charge in [0, 0.05) is 12.8 Å². The second-order valence-electron chi connectivity index (χ2n) is 23.9. The van der Waals surface area contributed by atoms with E-state index in [9.17, 15) is 19.8 Å². The number of aliphatic hydroxyl groups excluding tert-OH is 2. The van der Waals surface area contributed by atoms with Crippen molar-refractivity contribution < 1.29 is 24.5 Å². The van der Waals surface area contributed by atoms with Crippen molar-refractivity contribution in [3.63, 3.8) is 0 Å². The molecule has 0 aliphatic rings. The van der Waals surface area contributed by atoms with E-state index in [1.165, 1.54) is 315 Å². The van der Waals surface area contributed by atoms with Crippen LogP contribution in [0.15, 0.2) is 12.2 Å². The van der Waals surface area contributed by atoms with Crippen molar-refractivity contribution in [1.82, 2.24) is 5.32 Å². The molecule has 0 aliphatic heterocycles. The summed E-state index contributed by atoms with van der Waals surface area (Å²) in [6.07, 6.45) is 79.7. The van der Waals surface area contributed by atoms with Crippen LogP contribution < -0.4 is 5.32 Å². The lowest BCUT2D eigenvalue weighted by Crippen LogP contribution is -2.45. The quantitative estimate of drug-likeness (QED) is 0.0320. The Hall–Kier alpha value is -1.40. The number of unbranched alkanes of at least 4 members (excludes halogenated alkanes) is 52. The van der Waals surface area contributed by atoms with Gasteiger partial charge in [-0.05, 0) is 51.4 Å². The van der Waals surface area contributed by atoms with E-state index >= 15 is 0 Å². The summed E-state index contributed by atoms with van der Waals surface area (Å²) in [4.78, 5) is 24.6. The van der Waals surface area contributed by atoms with Gasteiger partial charge in [0.15, 0.2) is 0 Å². The molecule has 75 heavy (non-hydrogen) atoms. The summed E-state index contributed by atoms with van der Waals surface area (Å²) in [5.74, 6) is -0.0166. The van der Waals surface area contributed by atoms with E-state index in [1.54, 1.807) is 0 Å². The molecule has 2 unspecified atom stereocenters. The van der Waals surface area contributed by atoms with E-state index in [2.05, 4.69) is 31.3 Å². The molecule has 0 rings (SSSR count). The second-order valence-corrected chi connectivity index (χ2v) is 23.9. The van der Waals surface area contributed by atoms with Crippen LogP contribution in [0.2, 0.25) is 0 Å². The first-order valence-corrected chi connectivity index (χ1v) is 34.4. The lowest BCUT2D eigenvalue weighted by molar-refractivity contribution is -0.143. The molecule has 0 aromatic carbocycles. The van der Waals surface area contributed by atoms with Crippen molar-refractivity contribution in [1.29, 1.82) is 0 Å². The highest BCUT2D eigenvalue weighted by Gasteiger charge is 2.20. The largest absolute Gasteiger partial charge is 0.466 e. The Morgan fingerprint density at radius 2 is 0.627 bits per heavy atom. The van der Waals surface area contributed by atoms with Crippen LogP contribution in [0.4, 0.5) is 0 Å². The Kier molecular flexibility index (Phi) is 63.9. The van der Waals surface area contributed by atoms with Gasteiger partial charge in [-0.2, -0.15) is 0 Å². The zero-order valence-corrected chi connectivity index (χ0v) is 51.1. The predicted molar refractivity (Wildman–Crippen MR) is 329 cm³/mol. The molecule has 0 spiro atoms. The summed E-state index contributed by atoms with van der Waals surface area (Å²) in [7, 11) is 0. The third-order valence-corrected chi connectivity index (χ3v) is 16.3. The van der Waals surface area contributed by atoms with Gasteiger partial charge in [0.05, 0.1) is 25.4 Å². The van der Waals surface area contributed by atoms with Gasteiger partial charge in [-0.1, -0.05) is 341 Å². The van der Waals surface area contributed by atoms with Crippen LogP contribution in [0.1, 0.15) is 393 Å². The fraction of sp³-hybridized carbons (Fsp3) is 0.942. The number of carbonyl (C=O) groups excluding carboxylic acids is 2. The van der Waals surface area contributed by atoms with Crippen LogP contribution in [-0.4, -0.2) is 47.4 Å². The lowest BCUT2D eigenvalue weighted by atomic mass is 10.0. The molecule has 0 saturated carbocycles. The first kappa shape index (κ1) is 73.6. The third kappa shape index (κ3) is 61.7. The van der Waals surface area contributed by atoms with Gasteiger partial charge in [-0.25, -0.2) is 0 Å². The number of ether oxygens (including phenoxy) is 1. The van der Waals surface area contributed by atoms with E-state index < -0.39 is 12.1 Å². The Bertz CT molecular complexity index is 1130. The highest BCUT2D eigenvalue weighted by molar-refractivity contribution is 5.76. The SMILES string of the molecule is CCCCCCC/C=C\CCCCCCCC(=O)OCCCCCCCCCCCCCCCCCCCCCCCCCCCCCCCC(=O)NC(CO)C(O)CCCCCCCCCCCCCCCCC. The molecule has 0 aliphatic carbocycles. The van der Waals surface area contributed by atoms with E-state index in [1.807, 2.05) is 0 Å². The zero-order chi connectivity index (χ0) is 54.3. The Morgan fingerprint density at radius 1 is 0.360 bits per heavy atom. The van der Waals surface area contributed by atoms with Crippen LogP contribution >= 0.6 is 0 Å². The minimum atomic E-state index is -0.661. The molecule has 0 heterocycles. The highest BCUT2D eigenvalue weighted by Crippen LogP contribution is 2.19. The van der Waals surface area contributed by atoms with E-state index in [0.29, 0.717) is 25.9 Å². The fourth-order valence-corrected chi connectivity index (χ4v) is 11.1. The molecular weight excluding hydrogens is 923 g/mol. The molecule has 1 amide bonds. The van der Waals surface area contributed by atoms with Crippen LogP contribution in [0.25, 0.3) is 0 Å². The molecular formula is C69H135NO5. The highest BCUT2D eigenvalue weighted by atomic mass is 16.5. The minimum Gasteiger partial charge on any atom is -0.466 e. The molecule has 0 bridgehead atoms. The lowest BCUT2D eigenvalue weighted by Gasteiger charge is -2.22. The van der Waals surface area contributed by atoms with Gasteiger partial charge in [0.2, 0.25) is 5.91 Å². The first-order chi connectivity index (χ1) is 37.0. The normalized spacial score (nSPS) is 12.5. The number of esters is 1. The molecule has 3 N–H and O–H groups in total. The molecule has 0 fully saturated rings. The van der Waals surface area contributed by atoms with Gasteiger partial charge in [0.25, 0.3) is 0 Å². The number of allylic oxidation sites excluding steroid dienone is 2. The van der Waals surface area contributed by atoms with Crippen LogP contribution in [-0.2, 0) is 14.3 Å². The molecule has 0 aromatic rings. The number of carbonyl (C=O) groups is 2. The van der Waals surface area contributed by atoms with Crippen LogP contribution in [0.5, 0.6) is 0 Å². The van der Waals surface area contributed by atoms with E-state index in [0.717, 1.165) is 44.9 Å². The number of aliphatic hydroxyl groups is 2.